The Morgan fingerprint density at radius 3 is 2.23 bits per heavy atom. The van der Waals surface area contributed by atoms with Crippen molar-refractivity contribution in [3.8, 4) is 0 Å². The topological polar surface area (TPSA) is 12.9 Å². The molecule has 1 aromatic rings. The fraction of sp³-hybridized carbons (Fsp3) is 0.700. The largest absolute Gasteiger partial charge is 0.230 e. The van der Waals surface area contributed by atoms with E-state index in [1.165, 1.54) is 4.88 Å². The molecular weight excluding hydrogens is 202 g/mol. The first kappa shape index (κ1) is 11.0. The predicted octanol–water partition coefficient (Wildman–Crippen LogP) is 4.25. The van der Waals surface area contributed by atoms with Crippen molar-refractivity contribution in [3.63, 3.8) is 0 Å². The fourth-order valence-electron chi connectivity index (χ4n) is 1.17. The van der Waals surface area contributed by atoms with Gasteiger partial charge in [0.2, 0.25) is 0 Å². The van der Waals surface area contributed by atoms with E-state index >= 15 is 0 Å². The van der Waals surface area contributed by atoms with Gasteiger partial charge in [0, 0.05) is 4.88 Å². The summed E-state index contributed by atoms with van der Waals surface area (Å²) in [6.07, 6.45) is 0. The molecular formula is C10H16ClNS. The minimum Gasteiger partial charge on any atom is -0.230 e. The molecule has 1 nitrogen and oxygen atoms in total. The second-order valence-electron chi connectivity index (χ2n) is 4.50. The van der Waals surface area contributed by atoms with Gasteiger partial charge >= 0.3 is 0 Å². The van der Waals surface area contributed by atoms with E-state index < -0.39 is 0 Å². The van der Waals surface area contributed by atoms with Crippen molar-refractivity contribution in [2.24, 2.45) is 5.41 Å². The molecule has 0 aliphatic carbocycles. The minimum atomic E-state index is 0.278. The zero-order valence-corrected chi connectivity index (χ0v) is 10.4. The van der Waals surface area contributed by atoms with Crippen LogP contribution in [-0.4, -0.2) is 4.98 Å². The van der Waals surface area contributed by atoms with Gasteiger partial charge in [0.05, 0.1) is 5.69 Å². The van der Waals surface area contributed by atoms with E-state index in [1.807, 2.05) is 6.92 Å². The highest BCUT2D eigenvalue weighted by atomic mass is 35.5. The van der Waals surface area contributed by atoms with E-state index in [-0.39, 0.29) is 5.41 Å². The van der Waals surface area contributed by atoms with E-state index in [2.05, 4.69) is 32.7 Å². The highest BCUT2D eigenvalue weighted by molar-refractivity contribution is 7.15. The summed E-state index contributed by atoms with van der Waals surface area (Å²) in [6.45, 7) is 11.0. The molecule has 74 valence electrons. The lowest BCUT2D eigenvalue weighted by Crippen LogP contribution is -2.14. The van der Waals surface area contributed by atoms with Crippen LogP contribution in [0.4, 0.5) is 0 Å². The smallest absolute Gasteiger partial charge is 0.184 e. The molecule has 3 heteroatoms. The van der Waals surface area contributed by atoms with Crippen LogP contribution in [0, 0.1) is 12.3 Å². The molecule has 0 aliphatic rings. The van der Waals surface area contributed by atoms with Gasteiger partial charge in [-0.2, -0.15) is 0 Å². The van der Waals surface area contributed by atoms with Crippen LogP contribution < -0.4 is 0 Å². The highest BCUT2D eigenvalue weighted by Crippen LogP contribution is 2.39. The molecule has 1 aromatic heterocycles. The SMILES string of the molecule is Cc1nc(Cl)sc1C(C)C(C)(C)C. The van der Waals surface area contributed by atoms with E-state index in [0.29, 0.717) is 10.4 Å². The molecule has 0 aliphatic heterocycles. The standard InChI is InChI=1S/C10H16ClNS/c1-6(10(3,4)5)8-7(2)12-9(11)13-8/h6H,1-5H3. The minimum absolute atomic E-state index is 0.278. The van der Waals surface area contributed by atoms with Crippen LogP contribution in [0.3, 0.4) is 0 Å². The zero-order chi connectivity index (χ0) is 10.2. The van der Waals surface area contributed by atoms with E-state index in [1.54, 1.807) is 11.3 Å². The highest BCUT2D eigenvalue weighted by Gasteiger charge is 2.25. The van der Waals surface area contributed by atoms with Crippen molar-refractivity contribution in [3.05, 3.63) is 15.0 Å². The fourth-order valence-corrected chi connectivity index (χ4v) is 2.63. The molecule has 0 saturated heterocycles. The number of hydrogen-bond acceptors (Lipinski definition) is 2. The van der Waals surface area contributed by atoms with Crippen molar-refractivity contribution in [1.29, 1.82) is 0 Å². The monoisotopic (exact) mass is 217 g/mol. The Bertz CT molecular complexity index is 298. The van der Waals surface area contributed by atoms with Crippen molar-refractivity contribution < 1.29 is 0 Å². The molecule has 1 atom stereocenters. The number of aromatic nitrogens is 1. The first-order valence-electron chi connectivity index (χ1n) is 4.45. The van der Waals surface area contributed by atoms with Crippen LogP contribution in [-0.2, 0) is 0 Å². The second-order valence-corrected chi connectivity index (χ2v) is 6.12. The number of aryl methyl sites for hydroxylation is 1. The molecule has 13 heavy (non-hydrogen) atoms. The Morgan fingerprint density at radius 2 is 1.92 bits per heavy atom. The molecule has 0 aromatic carbocycles. The Kier molecular flexibility index (Phi) is 3.03. The van der Waals surface area contributed by atoms with Gasteiger partial charge < -0.3 is 0 Å². The van der Waals surface area contributed by atoms with Crippen molar-refractivity contribution in [1.82, 2.24) is 4.98 Å². The maximum Gasteiger partial charge on any atom is 0.184 e. The Hall–Kier alpha value is -0.0800. The number of hydrogen-bond donors (Lipinski definition) is 0. The molecule has 0 radical (unpaired) electrons. The quantitative estimate of drug-likeness (QED) is 0.685. The molecule has 0 N–H and O–H groups in total. The average Bonchev–Trinajstić information content (AvgIpc) is 2.26. The third-order valence-electron chi connectivity index (χ3n) is 2.50. The summed E-state index contributed by atoms with van der Waals surface area (Å²) >= 11 is 7.47. The summed E-state index contributed by atoms with van der Waals surface area (Å²) in [6, 6.07) is 0. The number of thiazole rings is 1. The van der Waals surface area contributed by atoms with Crippen LogP contribution in [0.25, 0.3) is 0 Å². The van der Waals surface area contributed by atoms with Gasteiger partial charge in [0.25, 0.3) is 0 Å². The van der Waals surface area contributed by atoms with E-state index in [9.17, 15) is 0 Å². The predicted molar refractivity (Wildman–Crippen MR) is 59.7 cm³/mol. The van der Waals surface area contributed by atoms with Gasteiger partial charge in [0.1, 0.15) is 0 Å². The normalized spacial score (nSPS) is 14.6. The second kappa shape index (κ2) is 3.58. The van der Waals surface area contributed by atoms with Crippen LogP contribution in [0.5, 0.6) is 0 Å². The van der Waals surface area contributed by atoms with Crippen molar-refractivity contribution >= 4 is 22.9 Å². The van der Waals surface area contributed by atoms with Gasteiger partial charge in [0.15, 0.2) is 4.47 Å². The summed E-state index contributed by atoms with van der Waals surface area (Å²) < 4.78 is 0.656. The summed E-state index contributed by atoms with van der Waals surface area (Å²) in [5.41, 5.74) is 1.36. The van der Waals surface area contributed by atoms with Gasteiger partial charge in [-0.25, -0.2) is 4.98 Å². The Balaban J connectivity index is 3.01. The third-order valence-corrected chi connectivity index (χ3v) is 3.94. The molecule has 1 unspecified atom stereocenters. The summed E-state index contributed by atoms with van der Waals surface area (Å²) in [5.74, 6) is 0.512. The molecule has 0 bridgehead atoms. The van der Waals surface area contributed by atoms with Gasteiger partial charge in [-0.05, 0) is 18.3 Å². The molecule has 0 fully saturated rings. The van der Waals surface area contributed by atoms with Crippen LogP contribution in [0.15, 0.2) is 0 Å². The number of halogens is 1. The van der Waals surface area contributed by atoms with Gasteiger partial charge in [-0.3, -0.25) is 0 Å². The maximum atomic E-state index is 5.87. The van der Waals surface area contributed by atoms with E-state index in [4.69, 9.17) is 11.6 Å². The lowest BCUT2D eigenvalue weighted by molar-refractivity contribution is 0.342. The third kappa shape index (κ3) is 2.44. The first-order chi connectivity index (χ1) is 5.82. The first-order valence-corrected chi connectivity index (χ1v) is 5.64. The molecule has 1 rings (SSSR count). The van der Waals surface area contributed by atoms with Crippen LogP contribution in [0.2, 0.25) is 4.47 Å². The molecule has 0 spiro atoms. The molecule has 0 amide bonds. The Labute approximate surface area is 89.1 Å². The maximum absolute atomic E-state index is 5.87. The van der Waals surface area contributed by atoms with Crippen molar-refractivity contribution in [2.75, 3.05) is 0 Å². The lowest BCUT2D eigenvalue weighted by atomic mass is 9.81. The van der Waals surface area contributed by atoms with Crippen LogP contribution >= 0.6 is 22.9 Å². The zero-order valence-electron chi connectivity index (χ0n) is 8.81. The number of nitrogens with zero attached hydrogens (tertiary/aromatic N) is 1. The van der Waals surface area contributed by atoms with Gasteiger partial charge in [-0.15, -0.1) is 11.3 Å². The summed E-state index contributed by atoms with van der Waals surface area (Å²) in [4.78, 5) is 5.55. The summed E-state index contributed by atoms with van der Waals surface area (Å²) in [5, 5.41) is 0. The Morgan fingerprint density at radius 1 is 1.38 bits per heavy atom. The number of rotatable bonds is 1. The average molecular weight is 218 g/mol. The van der Waals surface area contributed by atoms with Crippen molar-refractivity contribution in [2.45, 2.75) is 40.5 Å². The summed E-state index contributed by atoms with van der Waals surface area (Å²) in [7, 11) is 0. The van der Waals surface area contributed by atoms with Gasteiger partial charge in [-0.1, -0.05) is 39.3 Å². The molecule has 1 heterocycles. The van der Waals surface area contributed by atoms with Crippen LogP contribution in [0.1, 0.15) is 44.2 Å². The molecule has 0 saturated carbocycles. The van der Waals surface area contributed by atoms with E-state index in [0.717, 1.165) is 5.69 Å². The lowest BCUT2D eigenvalue weighted by Gasteiger charge is -2.26.